The van der Waals surface area contributed by atoms with Crippen LogP contribution in [0.1, 0.15) is 180 Å². The Hall–Kier alpha value is -9.75. The van der Waals surface area contributed by atoms with Crippen LogP contribution in [0.2, 0.25) is 0 Å². The smallest absolute Gasteiger partial charge is 0.339 e. The van der Waals surface area contributed by atoms with E-state index >= 15 is 19.2 Å². The Balaban J connectivity index is 0.00000122. The van der Waals surface area contributed by atoms with E-state index in [-0.39, 0.29) is 11.1 Å². The molecule has 0 amide bonds. The van der Waals surface area contributed by atoms with Crippen LogP contribution in [0, 0.1) is 23.7 Å². The quantitative estimate of drug-likeness (QED) is 0.0541. The Morgan fingerprint density at radius 2 is 1.05 bits per heavy atom. The SMILES string of the molecule is CC.CC.CC.CC.CC.CC.C[C@@H]1C(O)[C@H]2C=C(C(=O)OC3COC(=O)C4C[C@@H](O)C(O)=C(O)[C@H]4c4c(cc(O)c(O)c4O)C(=O)OC3C3OC(=O)c4c2c(O)c(O)c(O)c4[C@@H]2C(O)=C(O)[C@H](O)[C@H]4C2C(=O)OC3[C@@H]4c2c(O)cc(O)c3c2OC(c2ccc(O)c(O)c2)[C@@H](O)C3)[C@@H]1O. The second-order valence-electron chi connectivity index (χ2n) is 22.6. The number of phenolic OH excluding ortho intramolecular Hbond substituents is 10. The number of aliphatic hydroxyl groups excluding tert-OH is 9. The molecular weight excluding hydrogens is 1310 g/mol. The molecule has 8 aliphatic rings. The summed E-state index contributed by atoms with van der Waals surface area (Å²) in [6.07, 6.45) is -24.0. The highest BCUT2D eigenvalue weighted by Crippen LogP contribution is 2.63. The monoisotopic (exact) mass is 1400 g/mol. The molecule has 0 spiro atoms. The van der Waals surface area contributed by atoms with Crippen molar-refractivity contribution in [2.75, 3.05) is 6.61 Å². The lowest BCUT2D eigenvalue weighted by atomic mass is 9.59. The number of ether oxygens (including phenoxy) is 6. The van der Waals surface area contributed by atoms with Gasteiger partial charge in [-0.15, -0.1) is 0 Å². The number of esters is 5. The largest absolute Gasteiger partial charge is 0.508 e. The van der Waals surface area contributed by atoms with Gasteiger partial charge in [0.2, 0.25) is 11.5 Å². The highest BCUT2D eigenvalue weighted by atomic mass is 16.6. The summed E-state index contributed by atoms with van der Waals surface area (Å²) < 4.78 is 36.7. The van der Waals surface area contributed by atoms with Crippen LogP contribution < -0.4 is 4.74 Å². The third-order valence-electron chi connectivity index (χ3n) is 18.0. The number of phenols is 10. The van der Waals surface area contributed by atoms with Crippen molar-refractivity contribution in [2.24, 2.45) is 23.7 Å². The maximum Gasteiger partial charge on any atom is 0.339 e. The predicted molar refractivity (Wildman–Crippen MR) is 345 cm³/mol. The first-order chi connectivity index (χ1) is 47.0. The number of fused-ring (bicyclic) bond motifs is 14. The molecule has 8 unspecified atom stereocenters. The van der Waals surface area contributed by atoms with Crippen LogP contribution in [0.5, 0.6) is 63.2 Å². The molecule has 4 aromatic carbocycles. The van der Waals surface area contributed by atoms with Gasteiger partial charge in [-0.05, 0) is 30.2 Å². The van der Waals surface area contributed by atoms with Crippen LogP contribution in [0.25, 0.3) is 0 Å². The van der Waals surface area contributed by atoms with Crippen LogP contribution in [0.15, 0.2) is 65.0 Å². The van der Waals surface area contributed by atoms with Gasteiger partial charge in [-0.1, -0.05) is 102 Å². The van der Waals surface area contributed by atoms with E-state index in [0.717, 1.165) is 25.1 Å². The molecule has 5 heterocycles. The molecule has 544 valence electrons. The van der Waals surface area contributed by atoms with Crippen molar-refractivity contribution >= 4 is 29.8 Å². The molecule has 0 aromatic heterocycles. The van der Waals surface area contributed by atoms with Gasteiger partial charge in [-0.3, -0.25) is 9.59 Å². The fraction of sp³-hybridized carbons (Fsp3) is 0.493. The topological polar surface area (TPSA) is 525 Å². The summed E-state index contributed by atoms with van der Waals surface area (Å²) in [7, 11) is 0. The minimum absolute atomic E-state index is 0.0920. The average Bonchev–Trinajstić information content (AvgIpc) is 0.955. The van der Waals surface area contributed by atoms with Crippen LogP contribution in [-0.4, -0.2) is 188 Å². The van der Waals surface area contributed by atoms with Crippen molar-refractivity contribution in [1.29, 1.82) is 0 Å². The van der Waals surface area contributed by atoms with Crippen molar-refractivity contribution in [3.05, 3.63) is 110 Å². The zero-order valence-electron chi connectivity index (χ0n) is 56.5. The number of cyclic esters (lactones) is 1. The molecule has 4 aromatic rings. The molecule has 99 heavy (non-hydrogen) atoms. The molecule has 19 N–H and O–H groups in total. The number of carbonyl (C=O) groups excluding carboxylic acids is 5. The molecule has 5 aliphatic heterocycles. The number of aliphatic hydroxyl groups is 9. The fourth-order valence-corrected chi connectivity index (χ4v) is 13.8. The second kappa shape index (κ2) is 31.4. The average molecular weight is 1400 g/mol. The third kappa shape index (κ3) is 13.1. The lowest BCUT2D eigenvalue weighted by Crippen LogP contribution is -2.62. The normalized spacial score (nSPS) is 29.9. The minimum Gasteiger partial charge on any atom is -0.508 e. The molecule has 12 rings (SSSR count). The van der Waals surface area contributed by atoms with Crippen molar-refractivity contribution < 1.29 is 149 Å². The zero-order chi connectivity index (χ0) is 74.7. The summed E-state index contributed by atoms with van der Waals surface area (Å²) >= 11 is 0. The molecule has 6 bridgehead atoms. The highest BCUT2D eigenvalue weighted by molar-refractivity contribution is 5.99. The number of hydrogen-bond donors (Lipinski definition) is 19. The highest BCUT2D eigenvalue weighted by Gasteiger charge is 2.65. The standard InChI is InChI=1S/C57H52O30.6C2H6/c1-11-36(65)14-5-17(37(11)66)55(79)83-25-10-82-53(77)15-7-22(62)38(67)40(69)27(15)28-16(8-23(63)39(68)41(28)70)54(78)85-50(25)52-51-33(29-21(61)9-19(59)13-6-24(64)48(84-49(13)29)12-2-3-18(58)20(60)4-12)32-35(57(81)86-51)31(44(73)47(76)45(32)74)30-34(56(80)87-52)26(14)42(71)46(75)43(30)72;6*1-2/h2-5,8-9,11,14-15,22,24-25,27,31-33,35-37,45,48,50-52,58-76H,6-7,10H2,1H3;6*1-2H3/t11-,14+,15?,22-,24+,25?,27-,31+,32-,33-,35?,36?,37-,45-,48?,50?,51?,52?;;;;;;/m1....../s1. The summed E-state index contributed by atoms with van der Waals surface area (Å²) in [5.74, 6) is -44.2. The van der Waals surface area contributed by atoms with Gasteiger partial charge >= 0.3 is 29.8 Å². The van der Waals surface area contributed by atoms with Crippen molar-refractivity contribution in [1.82, 2.24) is 0 Å². The van der Waals surface area contributed by atoms with E-state index in [0.29, 0.717) is 12.1 Å². The third-order valence-corrected chi connectivity index (χ3v) is 18.0. The van der Waals surface area contributed by atoms with Crippen LogP contribution in [-0.2, 0) is 44.5 Å². The Labute approximate surface area is 568 Å². The van der Waals surface area contributed by atoms with Gasteiger partial charge in [-0.25, -0.2) is 14.4 Å². The van der Waals surface area contributed by atoms with Gasteiger partial charge in [0, 0.05) is 64.0 Å². The maximum absolute atomic E-state index is 16.0. The summed E-state index contributed by atoms with van der Waals surface area (Å²) in [6.45, 7) is 23.7. The summed E-state index contributed by atoms with van der Waals surface area (Å²) in [5, 5.41) is 219. The molecule has 30 heteroatoms. The molecule has 1 fully saturated rings. The Morgan fingerprint density at radius 3 is 1.67 bits per heavy atom. The van der Waals surface area contributed by atoms with Crippen molar-refractivity contribution in [2.45, 2.75) is 188 Å². The van der Waals surface area contributed by atoms with Crippen LogP contribution >= 0.6 is 0 Å². The van der Waals surface area contributed by atoms with Gasteiger partial charge in [0.1, 0.15) is 59.8 Å². The van der Waals surface area contributed by atoms with E-state index in [1.807, 2.05) is 83.1 Å². The number of allylic oxidation sites excluding steroid dienone is 2. The summed E-state index contributed by atoms with van der Waals surface area (Å²) in [5.41, 5.74) is -7.66. The first-order valence-corrected chi connectivity index (χ1v) is 32.8. The van der Waals surface area contributed by atoms with Crippen LogP contribution in [0.3, 0.4) is 0 Å². The van der Waals surface area contributed by atoms with Crippen LogP contribution in [0.4, 0.5) is 0 Å². The number of benzene rings is 4. The molecule has 0 saturated carbocycles. The number of aromatic hydroxyl groups is 10. The minimum atomic E-state index is -2.87. The fourth-order valence-electron chi connectivity index (χ4n) is 13.8. The van der Waals surface area contributed by atoms with Gasteiger partial charge in [0.25, 0.3) is 0 Å². The Bertz CT molecular complexity index is 3810. The predicted octanol–water partition coefficient (Wildman–Crippen LogP) is 7.08. The molecular formula is C69H88O30. The van der Waals surface area contributed by atoms with Crippen molar-refractivity contribution in [3.63, 3.8) is 0 Å². The van der Waals surface area contributed by atoms with E-state index in [4.69, 9.17) is 28.4 Å². The van der Waals surface area contributed by atoms with Crippen molar-refractivity contribution in [3.8, 4) is 63.2 Å². The van der Waals surface area contributed by atoms with Gasteiger partial charge < -0.3 is 125 Å². The van der Waals surface area contributed by atoms with E-state index < -0.39 is 283 Å². The van der Waals surface area contributed by atoms with Gasteiger partial charge in [0.15, 0.2) is 64.3 Å². The molecule has 30 nitrogen and oxygen atoms in total. The maximum atomic E-state index is 16.0. The molecule has 18 atom stereocenters. The number of rotatable bonds is 2. The Kier molecular flexibility index (Phi) is 24.8. The van der Waals surface area contributed by atoms with Gasteiger partial charge in [-0.2, -0.15) is 0 Å². The lowest BCUT2D eigenvalue weighted by Gasteiger charge is -2.52. The first-order valence-electron chi connectivity index (χ1n) is 32.8. The van der Waals surface area contributed by atoms with E-state index in [9.17, 15) is 102 Å². The Morgan fingerprint density at radius 1 is 0.465 bits per heavy atom. The van der Waals surface area contributed by atoms with Gasteiger partial charge in [0.05, 0.1) is 58.7 Å². The number of hydrogen-bond acceptors (Lipinski definition) is 30. The second-order valence-corrected chi connectivity index (χ2v) is 22.6. The molecule has 0 radical (unpaired) electrons. The molecule has 3 aliphatic carbocycles. The van der Waals surface area contributed by atoms with E-state index in [2.05, 4.69) is 0 Å². The zero-order valence-corrected chi connectivity index (χ0v) is 56.5. The molecule has 1 saturated heterocycles. The number of carbonyl (C=O) groups is 5. The first kappa shape index (κ1) is 78.2. The van der Waals surface area contributed by atoms with E-state index in [1.54, 1.807) is 0 Å². The summed E-state index contributed by atoms with van der Waals surface area (Å²) in [6, 6.07) is 4.22. The summed E-state index contributed by atoms with van der Waals surface area (Å²) in [4.78, 5) is 76.6. The van der Waals surface area contributed by atoms with E-state index in [1.165, 1.54) is 6.07 Å². The lowest BCUT2D eigenvalue weighted by molar-refractivity contribution is -0.205.